The Labute approximate surface area is 177 Å². The van der Waals surface area contributed by atoms with Crippen LogP contribution in [0.5, 0.6) is 0 Å². The molecule has 2 heterocycles. The van der Waals surface area contributed by atoms with E-state index in [9.17, 15) is 32.9 Å². The summed E-state index contributed by atoms with van der Waals surface area (Å²) in [5, 5.41) is 10.2. The smallest absolute Gasteiger partial charge is 0.387 e. The molecule has 7 atom stereocenters. The molecule has 1 aliphatic heterocycles. The van der Waals surface area contributed by atoms with Crippen molar-refractivity contribution in [2.45, 2.75) is 44.1 Å². The second-order valence-corrected chi connectivity index (χ2v) is 11.0. The molecule has 0 spiro atoms. The van der Waals surface area contributed by atoms with Gasteiger partial charge in [-0.15, -0.1) is 0 Å². The number of hydrogen-bond donors (Lipinski definition) is 6. The van der Waals surface area contributed by atoms with Gasteiger partial charge in [0.1, 0.15) is 12.2 Å². The van der Waals surface area contributed by atoms with E-state index in [4.69, 9.17) is 25.2 Å². The van der Waals surface area contributed by atoms with Crippen molar-refractivity contribution < 1.29 is 65.0 Å². The number of hydrogen-bond acceptors (Lipinski definition) is 11. The number of aromatic nitrogens is 2. The van der Waals surface area contributed by atoms with Crippen LogP contribution in [0.25, 0.3) is 0 Å². The Balaban J connectivity index is 2.24. The van der Waals surface area contributed by atoms with E-state index in [0.717, 1.165) is 13.8 Å². The average Bonchev–Trinajstić information content (AvgIpc) is 2.77. The fourth-order valence-electron chi connectivity index (χ4n) is 2.72. The summed E-state index contributed by atoms with van der Waals surface area (Å²) in [6.07, 6.45) is -7.42. The van der Waals surface area contributed by atoms with Crippen molar-refractivity contribution >= 4 is 29.3 Å². The van der Waals surface area contributed by atoms with Gasteiger partial charge in [0.05, 0.1) is 12.3 Å². The van der Waals surface area contributed by atoms with E-state index in [0.29, 0.717) is 10.8 Å². The number of nitrogens with two attached hydrogens (primary N) is 1. The van der Waals surface area contributed by atoms with Crippen LogP contribution in [-0.2, 0) is 31.6 Å². The number of nitrogens with zero attached hydrogens (tertiary/aromatic N) is 2. The Hall–Kier alpha value is -1.13. The van der Waals surface area contributed by atoms with Crippen LogP contribution < -0.4 is 11.4 Å². The van der Waals surface area contributed by atoms with E-state index in [1.807, 2.05) is 0 Å². The van der Waals surface area contributed by atoms with Crippen molar-refractivity contribution in [1.82, 2.24) is 9.55 Å². The topological polar surface area (TPSA) is 250 Å². The molecule has 1 saturated heterocycles. The number of phosphoric ester groups is 1. The van der Waals surface area contributed by atoms with Crippen molar-refractivity contribution in [2.75, 3.05) is 5.73 Å². The van der Waals surface area contributed by atoms with Crippen molar-refractivity contribution in [3.05, 3.63) is 22.5 Å². The zero-order valence-electron chi connectivity index (χ0n) is 16.0. The molecule has 1 aromatic heterocycles. The van der Waals surface area contributed by atoms with Crippen molar-refractivity contribution in [2.24, 2.45) is 0 Å². The first kappa shape index (κ1) is 27.1. The van der Waals surface area contributed by atoms with Crippen LogP contribution in [0.3, 0.4) is 0 Å². The summed E-state index contributed by atoms with van der Waals surface area (Å²) < 4.78 is 79.8. The van der Waals surface area contributed by atoms with Gasteiger partial charge >= 0.3 is 29.2 Å². The van der Waals surface area contributed by atoms with Crippen LogP contribution in [0.4, 0.5) is 14.6 Å². The quantitative estimate of drug-likeness (QED) is 0.235. The van der Waals surface area contributed by atoms with Gasteiger partial charge in [-0.2, -0.15) is 13.6 Å². The summed E-state index contributed by atoms with van der Waals surface area (Å²) in [5.41, 5.74) is 1.05. The van der Waals surface area contributed by atoms with E-state index < -0.39 is 71.0 Å². The number of aliphatic hydroxyl groups excluding tert-OH is 1. The molecule has 1 aromatic rings. The third-order valence-corrected chi connectivity index (χ3v) is 7.95. The Morgan fingerprint density at radius 3 is 2.34 bits per heavy atom. The summed E-state index contributed by atoms with van der Waals surface area (Å²) in [5.74, 6) is -2.01. The number of rotatable bonds is 8. The van der Waals surface area contributed by atoms with E-state index in [1.54, 1.807) is 0 Å². The number of halogens is 2. The second-order valence-electron chi connectivity index (χ2n) is 6.61. The van der Waals surface area contributed by atoms with Gasteiger partial charge < -0.3 is 35.2 Å². The van der Waals surface area contributed by atoms with Gasteiger partial charge in [0.25, 0.3) is 0 Å². The highest BCUT2D eigenvalue weighted by molar-refractivity contribution is 7.66. The lowest BCUT2D eigenvalue weighted by molar-refractivity contribution is -0.0808. The minimum atomic E-state index is -5.83. The largest absolute Gasteiger partial charge is 0.490 e. The van der Waals surface area contributed by atoms with Crippen molar-refractivity contribution in [1.29, 1.82) is 0 Å². The first-order chi connectivity index (χ1) is 14.3. The molecule has 21 heteroatoms. The van der Waals surface area contributed by atoms with Crippen LogP contribution in [-0.4, -0.2) is 58.2 Å². The van der Waals surface area contributed by atoms with Gasteiger partial charge in [0.2, 0.25) is 0 Å². The second kappa shape index (κ2) is 8.91. The van der Waals surface area contributed by atoms with Crippen LogP contribution >= 0.6 is 23.5 Å². The monoisotopic (exact) mass is 531 g/mol. The fraction of sp³-hybridized carbons (Fsp3) is 0.636. The maximum atomic E-state index is 15.1. The van der Waals surface area contributed by atoms with Crippen molar-refractivity contribution in [3.63, 3.8) is 0 Å². The summed E-state index contributed by atoms with van der Waals surface area (Å²) in [6, 6.07) is 0. The third kappa shape index (κ3) is 6.26. The maximum absolute atomic E-state index is 15.1. The van der Waals surface area contributed by atoms with Crippen LogP contribution in [0.2, 0.25) is 0 Å². The summed E-state index contributed by atoms with van der Waals surface area (Å²) in [7, 11) is -17.1. The molecule has 0 aliphatic carbocycles. The summed E-state index contributed by atoms with van der Waals surface area (Å²) in [6.45, 7) is 1.66. The number of alkyl halides is 1. The number of phosphoric acid groups is 3. The normalized spacial score (nSPS) is 31.1. The molecule has 3 unspecified atom stereocenters. The molecule has 7 N–H and O–H groups in total. The molecule has 1 aliphatic rings. The lowest BCUT2D eigenvalue weighted by Crippen LogP contribution is -2.44. The molecule has 1 fully saturated rings. The lowest BCUT2D eigenvalue weighted by Gasteiger charge is -2.26. The molecule has 16 nitrogen and oxygen atoms in total. The molecule has 32 heavy (non-hydrogen) atoms. The van der Waals surface area contributed by atoms with Gasteiger partial charge in [-0.05, 0) is 13.8 Å². The van der Waals surface area contributed by atoms with Crippen LogP contribution in [0.15, 0.2) is 11.0 Å². The minimum Gasteiger partial charge on any atom is -0.387 e. The summed E-state index contributed by atoms with van der Waals surface area (Å²) >= 11 is 0. The predicted molar refractivity (Wildman–Crippen MR) is 96.7 cm³/mol. The highest BCUT2D eigenvalue weighted by Gasteiger charge is 2.58. The zero-order valence-corrected chi connectivity index (χ0v) is 18.6. The molecule has 2 rings (SSSR count). The maximum Gasteiger partial charge on any atom is 0.490 e. The van der Waals surface area contributed by atoms with Crippen LogP contribution in [0, 0.1) is 5.82 Å². The minimum absolute atomic E-state index is 0.326. The Bertz CT molecular complexity index is 1080. The molecular weight excluding hydrogens is 513 g/mol. The lowest BCUT2D eigenvalue weighted by atomic mass is 9.96. The van der Waals surface area contributed by atoms with E-state index >= 15 is 4.39 Å². The molecule has 0 saturated carbocycles. The molecular formula is C11H18F2N3O13P3. The molecule has 0 bridgehead atoms. The fourth-order valence-corrected chi connectivity index (χ4v) is 5.92. The van der Waals surface area contributed by atoms with Gasteiger partial charge in [-0.3, -0.25) is 9.09 Å². The summed E-state index contributed by atoms with van der Waals surface area (Å²) in [4.78, 5) is 50.8. The average molecular weight is 531 g/mol. The van der Waals surface area contributed by atoms with Gasteiger partial charge in [-0.1, -0.05) is 0 Å². The number of aliphatic hydroxyl groups is 1. The Kier molecular flexibility index (Phi) is 7.55. The van der Waals surface area contributed by atoms with E-state index in [1.165, 1.54) is 0 Å². The molecule has 0 radical (unpaired) electrons. The highest BCUT2D eigenvalue weighted by atomic mass is 31.3. The van der Waals surface area contributed by atoms with E-state index in [2.05, 4.69) is 18.1 Å². The van der Waals surface area contributed by atoms with Gasteiger partial charge in [0, 0.05) is 0 Å². The SMILES string of the molecule is C[C@@H](OP(=O)(O)OP(=O)(O)OP(=O)(O)O)[C@H]1O[C@@H](n2cc(F)c(N)nc2=O)[C@](C)(F)C1O. The number of anilines is 1. The molecule has 184 valence electrons. The standard InChI is InChI=1S/C11H18F2N3O13P3/c1-4(27-31(22,23)29-32(24,25)28-30(19,20)21)6-7(17)11(2,13)9(26-6)16-3-5(12)8(14)15-10(16)18/h3-4,6-7,9,17H,1-2H3,(H,22,23)(H,24,25)(H2,14,15,18)(H2,19,20,21)/t4-,6-,7?,9-,11-/m1/s1. The van der Waals surface area contributed by atoms with Gasteiger partial charge in [-0.25, -0.2) is 27.3 Å². The Morgan fingerprint density at radius 1 is 1.25 bits per heavy atom. The molecule has 0 aromatic carbocycles. The third-order valence-electron chi connectivity index (χ3n) is 4.02. The van der Waals surface area contributed by atoms with Crippen LogP contribution in [0.1, 0.15) is 20.1 Å². The number of nitrogen functional groups attached to an aromatic ring is 1. The van der Waals surface area contributed by atoms with E-state index in [-0.39, 0.29) is 0 Å². The Morgan fingerprint density at radius 2 is 1.81 bits per heavy atom. The van der Waals surface area contributed by atoms with Gasteiger partial charge in [0.15, 0.2) is 23.5 Å². The first-order valence-electron chi connectivity index (χ1n) is 8.14. The van der Waals surface area contributed by atoms with Crippen molar-refractivity contribution in [3.8, 4) is 0 Å². The predicted octanol–water partition coefficient (Wildman–Crippen LogP) is -0.317. The first-order valence-corrected chi connectivity index (χ1v) is 12.7. The highest BCUT2D eigenvalue weighted by Crippen LogP contribution is 2.66. The number of ether oxygens (including phenoxy) is 1. The molecule has 0 amide bonds. The zero-order chi connectivity index (χ0) is 24.9.